The average molecular weight is 287 g/mol. The van der Waals surface area contributed by atoms with Crippen LogP contribution in [0.2, 0.25) is 0 Å². The molecule has 2 aromatic rings. The Bertz CT molecular complexity index is 617. The van der Waals surface area contributed by atoms with Gasteiger partial charge in [-0.15, -0.1) is 10.2 Å². The number of carbonyl (C=O) groups excluding carboxylic acids is 1. The first-order chi connectivity index (χ1) is 9.56. The first-order valence-corrected chi connectivity index (χ1v) is 7.26. The highest BCUT2D eigenvalue weighted by atomic mass is 32.1. The van der Waals surface area contributed by atoms with E-state index in [-0.39, 0.29) is 5.91 Å². The summed E-state index contributed by atoms with van der Waals surface area (Å²) in [4.78, 5) is 12.1. The molecule has 0 saturated carbocycles. The molecule has 4 nitrogen and oxygen atoms in total. The number of hydrogen-bond acceptors (Lipinski definition) is 4. The van der Waals surface area contributed by atoms with Gasteiger partial charge in [0.2, 0.25) is 5.13 Å². The Balaban J connectivity index is 2.05. The van der Waals surface area contributed by atoms with Crippen LogP contribution in [0.25, 0.3) is 6.08 Å². The first kappa shape index (κ1) is 14.4. The van der Waals surface area contributed by atoms with Gasteiger partial charge in [0.1, 0.15) is 5.01 Å². The number of carbonyl (C=O) groups is 1. The van der Waals surface area contributed by atoms with Crippen molar-refractivity contribution in [2.24, 2.45) is 0 Å². The lowest BCUT2D eigenvalue weighted by molar-refractivity contribution is -0.112. The Kier molecular flexibility index (Phi) is 4.63. The van der Waals surface area contributed by atoms with Crippen molar-refractivity contribution in [1.82, 2.24) is 10.2 Å². The molecule has 1 aromatic carbocycles. The van der Waals surface area contributed by atoms with E-state index in [1.54, 1.807) is 6.92 Å². The second-order valence-electron chi connectivity index (χ2n) is 4.79. The van der Waals surface area contributed by atoms with Crippen molar-refractivity contribution in [2.75, 3.05) is 5.32 Å². The third-order valence-electron chi connectivity index (χ3n) is 2.70. The van der Waals surface area contributed by atoms with E-state index >= 15 is 0 Å². The number of benzene rings is 1. The minimum absolute atomic E-state index is 0.152. The van der Waals surface area contributed by atoms with Gasteiger partial charge < -0.3 is 0 Å². The lowest BCUT2D eigenvalue weighted by atomic mass is 10.1. The van der Waals surface area contributed by atoms with E-state index in [0.717, 1.165) is 10.6 Å². The van der Waals surface area contributed by atoms with E-state index in [1.807, 2.05) is 50.3 Å². The van der Waals surface area contributed by atoms with Crippen LogP contribution in [0.5, 0.6) is 0 Å². The summed E-state index contributed by atoms with van der Waals surface area (Å²) < 4.78 is 0. The highest BCUT2D eigenvalue weighted by Gasteiger charge is 2.11. The minimum atomic E-state index is -0.152. The number of rotatable bonds is 4. The van der Waals surface area contributed by atoms with Gasteiger partial charge in [0.25, 0.3) is 5.91 Å². The first-order valence-electron chi connectivity index (χ1n) is 6.44. The molecular weight excluding hydrogens is 270 g/mol. The molecule has 2 rings (SSSR count). The molecule has 5 heteroatoms. The number of hydrogen-bond donors (Lipinski definition) is 1. The fraction of sp³-hybridized carbons (Fsp3) is 0.267. The Hall–Kier alpha value is -2.01. The largest absolute Gasteiger partial charge is 0.297 e. The van der Waals surface area contributed by atoms with E-state index in [0.29, 0.717) is 16.6 Å². The van der Waals surface area contributed by atoms with Crippen molar-refractivity contribution >= 4 is 28.5 Å². The van der Waals surface area contributed by atoms with Gasteiger partial charge in [0.15, 0.2) is 0 Å². The van der Waals surface area contributed by atoms with E-state index in [1.165, 1.54) is 11.3 Å². The van der Waals surface area contributed by atoms with Crippen LogP contribution >= 0.6 is 11.3 Å². The van der Waals surface area contributed by atoms with Gasteiger partial charge in [0.05, 0.1) is 0 Å². The van der Waals surface area contributed by atoms with Crippen LogP contribution in [-0.4, -0.2) is 16.1 Å². The van der Waals surface area contributed by atoms with E-state index in [9.17, 15) is 4.79 Å². The maximum atomic E-state index is 12.1. The lowest BCUT2D eigenvalue weighted by Gasteiger charge is -2.01. The number of anilines is 1. The fourth-order valence-corrected chi connectivity index (χ4v) is 2.32. The topological polar surface area (TPSA) is 54.9 Å². The second kappa shape index (κ2) is 6.43. The van der Waals surface area contributed by atoms with Crippen LogP contribution in [0.1, 0.15) is 37.3 Å². The van der Waals surface area contributed by atoms with Gasteiger partial charge in [-0.05, 0) is 18.6 Å². The zero-order valence-electron chi connectivity index (χ0n) is 11.8. The predicted molar refractivity (Wildman–Crippen MR) is 82.7 cm³/mol. The van der Waals surface area contributed by atoms with Gasteiger partial charge in [-0.2, -0.15) is 0 Å². The molecular formula is C15H17N3OS. The maximum absolute atomic E-state index is 12.1. The molecule has 0 bridgehead atoms. The summed E-state index contributed by atoms with van der Waals surface area (Å²) in [6.07, 6.45) is 1.85. The van der Waals surface area contributed by atoms with Gasteiger partial charge in [-0.3, -0.25) is 10.1 Å². The molecule has 0 aliphatic heterocycles. The molecule has 0 aliphatic carbocycles. The third-order valence-corrected chi connectivity index (χ3v) is 3.84. The Labute approximate surface area is 122 Å². The zero-order chi connectivity index (χ0) is 14.5. The van der Waals surface area contributed by atoms with Crippen LogP contribution in [0.3, 0.4) is 0 Å². The molecule has 0 saturated heterocycles. The summed E-state index contributed by atoms with van der Waals surface area (Å²) in [5.74, 6) is 0.166. The molecule has 1 N–H and O–H groups in total. The number of nitrogens with one attached hydrogen (secondary N) is 1. The molecule has 1 heterocycles. The van der Waals surface area contributed by atoms with Gasteiger partial charge >= 0.3 is 0 Å². The molecule has 0 aliphatic rings. The summed E-state index contributed by atoms with van der Waals surface area (Å²) in [5.41, 5.74) is 1.64. The Morgan fingerprint density at radius 3 is 2.55 bits per heavy atom. The maximum Gasteiger partial charge on any atom is 0.253 e. The van der Waals surface area contributed by atoms with Crippen LogP contribution in [0.4, 0.5) is 5.13 Å². The summed E-state index contributed by atoms with van der Waals surface area (Å²) in [6.45, 7) is 5.88. The molecule has 0 fully saturated rings. The normalized spacial score (nSPS) is 11.7. The number of nitrogens with zero attached hydrogens (tertiary/aromatic N) is 2. The zero-order valence-corrected chi connectivity index (χ0v) is 12.6. The molecule has 1 amide bonds. The van der Waals surface area contributed by atoms with Crippen molar-refractivity contribution in [3.63, 3.8) is 0 Å². The number of aromatic nitrogens is 2. The number of amides is 1. The van der Waals surface area contributed by atoms with Gasteiger partial charge in [0, 0.05) is 11.5 Å². The van der Waals surface area contributed by atoms with Crippen LogP contribution in [-0.2, 0) is 4.79 Å². The second-order valence-corrected chi connectivity index (χ2v) is 5.80. The van der Waals surface area contributed by atoms with E-state index in [2.05, 4.69) is 15.5 Å². The van der Waals surface area contributed by atoms with Crippen LogP contribution in [0.15, 0.2) is 35.9 Å². The summed E-state index contributed by atoms with van der Waals surface area (Å²) >= 11 is 1.41. The quantitative estimate of drug-likeness (QED) is 0.872. The van der Waals surface area contributed by atoms with E-state index < -0.39 is 0 Å². The van der Waals surface area contributed by atoms with Gasteiger partial charge in [-0.1, -0.05) is 55.5 Å². The summed E-state index contributed by atoms with van der Waals surface area (Å²) in [7, 11) is 0. The Morgan fingerprint density at radius 1 is 1.25 bits per heavy atom. The smallest absolute Gasteiger partial charge is 0.253 e. The monoisotopic (exact) mass is 287 g/mol. The van der Waals surface area contributed by atoms with Crippen molar-refractivity contribution in [2.45, 2.75) is 26.7 Å². The van der Waals surface area contributed by atoms with Crippen molar-refractivity contribution in [3.05, 3.63) is 46.5 Å². The van der Waals surface area contributed by atoms with Crippen LogP contribution in [0, 0.1) is 0 Å². The lowest BCUT2D eigenvalue weighted by Crippen LogP contribution is -2.12. The van der Waals surface area contributed by atoms with Crippen molar-refractivity contribution in [1.29, 1.82) is 0 Å². The molecule has 1 aromatic heterocycles. The van der Waals surface area contributed by atoms with Gasteiger partial charge in [-0.25, -0.2) is 0 Å². The minimum Gasteiger partial charge on any atom is -0.297 e. The Morgan fingerprint density at radius 2 is 1.95 bits per heavy atom. The standard InChI is InChI=1S/C15H17N3OS/c1-10(2)14-17-18-15(20-14)16-13(19)11(3)9-12-7-5-4-6-8-12/h4-10H,1-3H3,(H,16,18,19)/b11-9+. The molecule has 0 spiro atoms. The summed E-state index contributed by atoms with van der Waals surface area (Å²) in [5, 5.41) is 12.3. The highest BCUT2D eigenvalue weighted by Crippen LogP contribution is 2.22. The summed E-state index contributed by atoms with van der Waals surface area (Å²) in [6, 6.07) is 9.74. The predicted octanol–water partition coefficient (Wildman–Crippen LogP) is 3.70. The SMILES string of the molecule is C/C(=C\c1ccccc1)C(=O)Nc1nnc(C(C)C)s1. The van der Waals surface area contributed by atoms with Crippen molar-refractivity contribution < 1.29 is 4.79 Å². The average Bonchev–Trinajstić information content (AvgIpc) is 2.88. The third kappa shape index (κ3) is 3.74. The fourth-order valence-electron chi connectivity index (χ4n) is 1.58. The molecule has 0 radical (unpaired) electrons. The highest BCUT2D eigenvalue weighted by molar-refractivity contribution is 7.15. The van der Waals surface area contributed by atoms with E-state index in [4.69, 9.17) is 0 Å². The molecule has 0 unspecified atom stereocenters. The molecule has 20 heavy (non-hydrogen) atoms. The van der Waals surface area contributed by atoms with Crippen LogP contribution < -0.4 is 5.32 Å². The van der Waals surface area contributed by atoms with Crippen molar-refractivity contribution in [3.8, 4) is 0 Å². The molecule has 0 atom stereocenters. The molecule has 104 valence electrons.